The van der Waals surface area contributed by atoms with E-state index in [4.69, 9.17) is 0 Å². The Kier molecular flexibility index (Phi) is 3.54. The van der Waals surface area contributed by atoms with Crippen molar-refractivity contribution in [3.05, 3.63) is 23.8 Å². The third kappa shape index (κ3) is 3.11. The monoisotopic (exact) mass is 236 g/mol. The van der Waals surface area contributed by atoms with Crippen LogP contribution in [0.15, 0.2) is 18.2 Å². The minimum Gasteiger partial charge on any atom is -0.508 e. The fourth-order valence-corrected chi connectivity index (χ4v) is 2.50. The van der Waals surface area contributed by atoms with E-state index < -0.39 is 0 Å². The third-order valence-corrected chi connectivity index (χ3v) is 3.10. The molecule has 4 nitrogen and oxygen atoms in total. The Morgan fingerprint density at radius 1 is 1.24 bits per heavy atom. The Hall–Kier alpha value is -1.26. The van der Waals surface area contributed by atoms with Gasteiger partial charge in [-0.15, -0.1) is 0 Å². The Labute approximate surface area is 102 Å². The van der Waals surface area contributed by atoms with Crippen molar-refractivity contribution in [1.82, 2.24) is 10.2 Å². The topological polar surface area (TPSA) is 55.7 Å². The molecule has 0 radical (unpaired) electrons. The molecule has 4 heteroatoms. The summed E-state index contributed by atoms with van der Waals surface area (Å²) in [4.78, 5) is 2.32. The second-order valence-electron chi connectivity index (χ2n) is 4.98. The summed E-state index contributed by atoms with van der Waals surface area (Å²) in [5, 5.41) is 22.5. The summed E-state index contributed by atoms with van der Waals surface area (Å²) in [6.07, 6.45) is 0. The Balaban J connectivity index is 2.04. The highest BCUT2D eigenvalue weighted by molar-refractivity contribution is 5.38. The van der Waals surface area contributed by atoms with Gasteiger partial charge in [0.2, 0.25) is 0 Å². The van der Waals surface area contributed by atoms with Gasteiger partial charge in [-0.3, -0.25) is 4.90 Å². The second-order valence-corrected chi connectivity index (χ2v) is 4.98. The summed E-state index contributed by atoms with van der Waals surface area (Å²) in [6.45, 7) is 7.01. The first-order valence-electron chi connectivity index (χ1n) is 6.04. The number of phenols is 2. The summed E-state index contributed by atoms with van der Waals surface area (Å²) >= 11 is 0. The molecular formula is C13H20N2O2. The maximum absolute atomic E-state index is 9.75. The van der Waals surface area contributed by atoms with Crippen LogP contribution in [0.25, 0.3) is 0 Å². The fourth-order valence-electron chi connectivity index (χ4n) is 2.50. The van der Waals surface area contributed by atoms with Crippen molar-refractivity contribution in [3.8, 4) is 11.5 Å². The molecule has 0 saturated carbocycles. The summed E-state index contributed by atoms with van der Waals surface area (Å²) in [6, 6.07) is 5.73. The fraction of sp³-hybridized carbons (Fsp3) is 0.538. The van der Waals surface area contributed by atoms with E-state index in [1.807, 2.05) is 0 Å². The van der Waals surface area contributed by atoms with Crippen molar-refractivity contribution in [2.24, 2.45) is 0 Å². The lowest BCUT2D eigenvalue weighted by Crippen LogP contribution is -2.53. The lowest BCUT2D eigenvalue weighted by molar-refractivity contribution is 0.165. The van der Waals surface area contributed by atoms with E-state index in [0.717, 1.165) is 25.2 Å². The summed E-state index contributed by atoms with van der Waals surface area (Å²) in [7, 11) is 0. The predicted molar refractivity (Wildman–Crippen MR) is 67.1 cm³/mol. The van der Waals surface area contributed by atoms with E-state index in [0.29, 0.717) is 12.1 Å². The number of piperazine rings is 1. The van der Waals surface area contributed by atoms with Gasteiger partial charge in [-0.25, -0.2) is 0 Å². The average Bonchev–Trinajstić information content (AvgIpc) is 2.21. The molecule has 94 valence electrons. The van der Waals surface area contributed by atoms with E-state index in [-0.39, 0.29) is 11.5 Å². The van der Waals surface area contributed by atoms with Crippen LogP contribution in [-0.4, -0.2) is 40.3 Å². The molecule has 1 aromatic carbocycles. The van der Waals surface area contributed by atoms with Crippen LogP contribution in [-0.2, 0) is 6.54 Å². The molecule has 1 heterocycles. The highest BCUT2D eigenvalue weighted by Gasteiger charge is 2.21. The minimum absolute atomic E-state index is 0.105. The van der Waals surface area contributed by atoms with E-state index in [1.165, 1.54) is 6.07 Å². The Morgan fingerprint density at radius 2 is 1.88 bits per heavy atom. The molecule has 2 atom stereocenters. The van der Waals surface area contributed by atoms with Crippen LogP contribution in [0.1, 0.15) is 19.4 Å². The molecule has 0 aromatic heterocycles. The molecule has 1 saturated heterocycles. The summed E-state index contributed by atoms with van der Waals surface area (Å²) in [5.74, 6) is 0.275. The zero-order valence-corrected chi connectivity index (χ0v) is 10.3. The van der Waals surface area contributed by atoms with Crippen molar-refractivity contribution >= 4 is 0 Å². The zero-order valence-electron chi connectivity index (χ0n) is 10.3. The lowest BCUT2D eigenvalue weighted by atomic mass is 10.1. The van der Waals surface area contributed by atoms with Crippen molar-refractivity contribution in [2.45, 2.75) is 32.5 Å². The van der Waals surface area contributed by atoms with Gasteiger partial charge in [-0.05, 0) is 19.9 Å². The number of hydrogen-bond acceptors (Lipinski definition) is 4. The molecule has 0 bridgehead atoms. The largest absolute Gasteiger partial charge is 0.508 e. The lowest BCUT2D eigenvalue weighted by Gasteiger charge is -2.36. The first-order chi connectivity index (χ1) is 8.04. The van der Waals surface area contributed by atoms with E-state index in [1.54, 1.807) is 12.1 Å². The third-order valence-electron chi connectivity index (χ3n) is 3.10. The van der Waals surface area contributed by atoms with Crippen LogP contribution in [0.4, 0.5) is 0 Å². The Morgan fingerprint density at radius 3 is 2.47 bits per heavy atom. The maximum Gasteiger partial charge on any atom is 0.123 e. The summed E-state index contributed by atoms with van der Waals surface area (Å²) < 4.78 is 0. The number of rotatable bonds is 2. The normalized spacial score (nSPS) is 26.0. The van der Waals surface area contributed by atoms with Crippen molar-refractivity contribution in [2.75, 3.05) is 13.1 Å². The highest BCUT2D eigenvalue weighted by atomic mass is 16.3. The van der Waals surface area contributed by atoms with Crippen molar-refractivity contribution < 1.29 is 10.2 Å². The molecule has 0 aliphatic carbocycles. The Bertz CT molecular complexity index is 385. The summed E-state index contributed by atoms with van der Waals surface area (Å²) in [5.41, 5.74) is 0.865. The van der Waals surface area contributed by atoms with Crippen LogP contribution >= 0.6 is 0 Å². The van der Waals surface area contributed by atoms with E-state index >= 15 is 0 Å². The predicted octanol–water partition coefficient (Wildman–Crippen LogP) is 1.28. The molecule has 2 unspecified atom stereocenters. The number of nitrogens with zero attached hydrogens (tertiary/aromatic N) is 1. The van der Waals surface area contributed by atoms with Crippen LogP contribution in [0, 0.1) is 0 Å². The van der Waals surface area contributed by atoms with Gasteiger partial charge in [-0.1, -0.05) is 6.07 Å². The van der Waals surface area contributed by atoms with E-state index in [9.17, 15) is 10.2 Å². The van der Waals surface area contributed by atoms with Gasteiger partial charge < -0.3 is 15.5 Å². The first kappa shape index (κ1) is 12.2. The molecule has 1 aromatic rings. The molecule has 1 fully saturated rings. The van der Waals surface area contributed by atoms with Gasteiger partial charge in [0.1, 0.15) is 11.5 Å². The molecule has 0 amide bonds. The number of aromatic hydroxyl groups is 2. The SMILES string of the molecule is CC1CN(Cc2ccc(O)cc2O)CC(C)N1. The minimum atomic E-state index is 0.105. The maximum atomic E-state index is 9.75. The molecule has 2 rings (SSSR count). The van der Waals surface area contributed by atoms with Gasteiger partial charge in [0, 0.05) is 43.3 Å². The van der Waals surface area contributed by atoms with Gasteiger partial charge >= 0.3 is 0 Å². The molecular weight excluding hydrogens is 216 g/mol. The van der Waals surface area contributed by atoms with Crippen molar-refractivity contribution in [1.29, 1.82) is 0 Å². The van der Waals surface area contributed by atoms with Gasteiger partial charge in [0.25, 0.3) is 0 Å². The van der Waals surface area contributed by atoms with Crippen molar-refractivity contribution in [3.63, 3.8) is 0 Å². The molecule has 1 aliphatic rings. The molecule has 0 spiro atoms. The van der Waals surface area contributed by atoms with Crippen LogP contribution < -0.4 is 5.32 Å². The van der Waals surface area contributed by atoms with Gasteiger partial charge in [0.05, 0.1) is 0 Å². The highest BCUT2D eigenvalue weighted by Crippen LogP contribution is 2.24. The smallest absolute Gasteiger partial charge is 0.123 e. The second kappa shape index (κ2) is 4.94. The first-order valence-corrected chi connectivity index (χ1v) is 6.04. The molecule has 1 aliphatic heterocycles. The number of phenolic OH excluding ortho intramolecular Hbond substituents is 2. The van der Waals surface area contributed by atoms with Gasteiger partial charge in [0.15, 0.2) is 0 Å². The quantitative estimate of drug-likeness (QED) is 0.724. The standard InChI is InChI=1S/C13H20N2O2/c1-9-6-15(7-10(2)14-9)8-11-3-4-12(16)5-13(11)17/h3-5,9-10,14,16-17H,6-8H2,1-2H3. The van der Waals surface area contributed by atoms with Gasteiger partial charge in [-0.2, -0.15) is 0 Å². The zero-order chi connectivity index (χ0) is 12.4. The number of nitrogens with one attached hydrogen (secondary N) is 1. The average molecular weight is 236 g/mol. The molecule has 3 N–H and O–H groups in total. The molecule has 17 heavy (non-hydrogen) atoms. The number of hydrogen-bond donors (Lipinski definition) is 3. The number of benzene rings is 1. The van der Waals surface area contributed by atoms with Crippen LogP contribution in [0.2, 0.25) is 0 Å². The van der Waals surface area contributed by atoms with Crippen LogP contribution in [0.3, 0.4) is 0 Å². The van der Waals surface area contributed by atoms with E-state index in [2.05, 4.69) is 24.1 Å². The van der Waals surface area contributed by atoms with Crippen LogP contribution in [0.5, 0.6) is 11.5 Å².